The molecule has 0 saturated carbocycles. The van der Waals surface area contributed by atoms with Gasteiger partial charge in [0.05, 0.1) is 0 Å². The standard InChI is InChI=1S/C14H17F2NO/c1-10(9-17(2)3)14(18)8-7-11-12(15)5-4-6-13(11)16/h4-8,10H,9H2,1-3H3/b8-7+. The monoisotopic (exact) mass is 253 g/mol. The van der Waals surface area contributed by atoms with Gasteiger partial charge in [-0.05, 0) is 38.4 Å². The van der Waals surface area contributed by atoms with Crippen molar-refractivity contribution in [3.63, 3.8) is 0 Å². The Labute approximate surface area is 106 Å². The maximum atomic E-state index is 13.3. The largest absolute Gasteiger partial charge is 0.309 e. The van der Waals surface area contributed by atoms with Gasteiger partial charge < -0.3 is 4.90 Å². The molecule has 18 heavy (non-hydrogen) atoms. The topological polar surface area (TPSA) is 20.3 Å². The van der Waals surface area contributed by atoms with Crippen molar-refractivity contribution in [1.29, 1.82) is 0 Å². The Morgan fingerprint density at radius 3 is 2.39 bits per heavy atom. The summed E-state index contributed by atoms with van der Waals surface area (Å²) in [6, 6.07) is 3.62. The lowest BCUT2D eigenvalue weighted by Gasteiger charge is -2.13. The molecule has 1 atom stereocenters. The summed E-state index contributed by atoms with van der Waals surface area (Å²) in [7, 11) is 3.73. The summed E-state index contributed by atoms with van der Waals surface area (Å²) >= 11 is 0. The molecule has 0 fully saturated rings. The van der Waals surface area contributed by atoms with Crippen molar-refractivity contribution in [3.8, 4) is 0 Å². The third kappa shape index (κ3) is 4.04. The Kier molecular flexibility index (Phi) is 5.16. The van der Waals surface area contributed by atoms with E-state index in [2.05, 4.69) is 0 Å². The van der Waals surface area contributed by atoms with Crippen molar-refractivity contribution in [2.75, 3.05) is 20.6 Å². The van der Waals surface area contributed by atoms with Crippen LogP contribution in [-0.4, -0.2) is 31.3 Å². The second kappa shape index (κ2) is 6.40. The number of hydrogen-bond donors (Lipinski definition) is 0. The second-order valence-electron chi connectivity index (χ2n) is 4.53. The Morgan fingerprint density at radius 2 is 1.89 bits per heavy atom. The van der Waals surface area contributed by atoms with Gasteiger partial charge in [0.1, 0.15) is 11.6 Å². The molecule has 1 rings (SSSR count). The van der Waals surface area contributed by atoms with Crippen molar-refractivity contribution in [1.82, 2.24) is 4.90 Å². The highest BCUT2D eigenvalue weighted by molar-refractivity contribution is 5.95. The van der Waals surface area contributed by atoms with Crippen LogP contribution < -0.4 is 0 Å². The maximum absolute atomic E-state index is 13.3. The lowest BCUT2D eigenvalue weighted by molar-refractivity contribution is -0.118. The number of hydrogen-bond acceptors (Lipinski definition) is 2. The minimum Gasteiger partial charge on any atom is -0.309 e. The molecule has 4 heteroatoms. The van der Waals surface area contributed by atoms with Crippen molar-refractivity contribution in [2.24, 2.45) is 5.92 Å². The first kappa shape index (κ1) is 14.5. The van der Waals surface area contributed by atoms with Gasteiger partial charge in [0, 0.05) is 18.0 Å². The first-order chi connectivity index (χ1) is 8.41. The second-order valence-corrected chi connectivity index (χ2v) is 4.53. The van der Waals surface area contributed by atoms with E-state index in [1.165, 1.54) is 18.2 Å². The van der Waals surface area contributed by atoms with E-state index in [1.807, 2.05) is 19.0 Å². The number of carbonyl (C=O) groups excluding carboxylic acids is 1. The molecule has 1 aromatic rings. The van der Waals surface area contributed by atoms with E-state index in [0.29, 0.717) is 6.54 Å². The highest BCUT2D eigenvalue weighted by Gasteiger charge is 2.11. The zero-order chi connectivity index (χ0) is 13.7. The lowest BCUT2D eigenvalue weighted by atomic mass is 10.0. The molecule has 0 aliphatic rings. The summed E-state index contributed by atoms with van der Waals surface area (Å²) in [4.78, 5) is 13.6. The maximum Gasteiger partial charge on any atom is 0.159 e. The van der Waals surface area contributed by atoms with Gasteiger partial charge in [0.15, 0.2) is 5.78 Å². The van der Waals surface area contributed by atoms with Crippen LogP contribution in [0.5, 0.6) is 0 Å². The molecule has 0 N–H and O–H groups in total. The Balaban J connectivity index is 2.78. The van der Waals surface area contributed by atoms with Crippen LogP contribution in [0.1, 0.15) is 12.5 Å². The average molecular weight is 253 g/mol. The normalized spacial score (nSPS) is 13.2. The van der Waals surface area contributed by atoms with Crippen LogP contribution in [0.3, 0.4) is 0 Å². The van der Waals surface area contributed by atoms with E-state index in [1.54, 1.807) is 6.92 Å². The molecule has 98 valence electrons. The minimum atomic E-state index is -0.667. The quantitative estimate of drug-likeness (QED) is 0.752. The Bertz CT molecular complexity index is 435. The minimum absolute atomic E-state index is 0.147. The van der Waals surface area contributed by atoms with Gasteiger partial charge in [-0.15, -0.1) is 0 Å². The van der Waals surface area contributed by atoms with Crippen LogP contribution in [0.4, 0.5) is 8.78 Å². The molecule has 1 aromatic carbocycles. The fraction of sp³-hybridized carbons (Fsp3) is 0.357. The first-order valence-corrected chi connectivity index (χ1v) is 5.72. The van der Waals surface area contributed by atoms with Gasteiger partial charge in [0.25, 0.3) is 0 Å². The van der Waals surface area contributed by atoms with Gasteiger partial charge in [-0.25, -0.2) is 8.78 Å². The number of carbonyl (C=O) groups is 1. The average Bonchev–Trinajstić information content (AvgIpc) is 2.27. The van der Waals surface area contributed by atoms with Crippen LogP contribution in [0.15, 0.2) is 24.3 Å². The zero-order valence-electron chi connectivity index (χ0n) is 10.8. The van der Waals surface area contributed by atoms with E-state index in [4.69, 9.17) is 0 Å². The third-order valence-corrected chi connectivity index (χ3v) is 2.54. The third-order valence-electron chi connectivity index (χ3n) is 2.54. The molecule has 0 saturated heterocycles. The van der Waals surface area contributed by atoms with E-state index in [0.717, 1.165) is 12.1 Å². The van der Waals surface area contributed by atoms with Crippen molar-refractivity contribution in [3.05, 3.63) is 41.5 Å². The highest BCUT2D eigenvalue weighted by atomic mass is 19.1. The lowest BCUT2D eigenvalue weighted by Crippen LogP contribution is -2.24. The molecule has 0 bridgehead atoms. The predicted molar refractivity (Wildman–Crippen MR) is 68.1 cm³/mol. The number of benzene rings is 1. The molecule has 0 aromatic heterocycles. The van der Waals surface area contributed by atoms with E-state index < -0.39 is 11.6 Å². The molecular formula is C14H17F2NO. The Morgan fingerprint density at radius 1 is 1.33 bits per heavy atom. The van der Waals surface area contributed by atoms with E-state index in [-0.39, 0.29) is 17.3 Å². The van der Waals surface area contributed by atoms with Crippen molar-refractivity contribution >= 4 is 11.9 Å². The molecule has 1 unspecified atom stereocenters. The molecule has 0 heterocycles. The summed E-state index contributed by atoms with van der Waals surface area (Å²) < 4.78 is 26.6. The number of ketones is 1. The van der Waals surface area contributed by atoms with E-state index in [9.17, 15) is 13.6 Å². The highest BCUT2D eigenvalue weighted by Crippen LogP contribution is 2.14. The van der Waals surface area contributed by atoms with Crippen molar-refractivity contribution in [2.45, 2.75) is 6.92 Å². The van der Waals surface area contributed by atoms with Crippen LogP contribution >= 0.6 is 0 Å². The fourth-order valence-corrected chi connectivity index (χ4v) is 1.64. The van der Waals surface area contributed by atoms with Gasteiger partial charge in [-0.1, -0.05) is 13.0 Å². The molecule has 0 radical (unpaired) electrons. The number of nitrogens with zero attached hydrogens (tertiary/aromatic N) is 1. The summed E-state index contributed by atoms with van der Waals surface area (Å²) in [6.45, 7) is 2.38. The summed E-state index contributed by atoms with van der Waals surface area (Å²) in [6.07, 6.45) is 2.43. The molecule has 2 nitrogen and oxygen atoms in total. The van der Waals surface area contributed by atoms with Crippen LogP contribution in [0, 0.1) is 17.6 Å². The van der Waals surface area contributed by atoms with Crippen LogP contribution in [0.25, 0.3) is 6.08 Å². The number of halogens is 2. The fourth-order valence-electron chi connectivity index (χ4n) is 1.64. The number of rotatable bonds is 5. The Hall–Kier alpha value is -1.55. The van der Waals surface area contributed by atoms with E-state index >= 15 is 0 Å². The molecular weight excluding hydrogens is 236 g/mol. The van der Waals surface area contributed by atoms with Gasteiger partial charge in [0.2, 0.25) is 0 Å². The molecule has 0 amide bonds. The van der Waals surface area contributed by atoms with Crippen LogP contribution in [-0.2, 0) is 4.79 Å². The summed E-state index contributed by atoms with van der Waals surface area (Å²) in [5.41, 5.74) is -0.178. The number of allylic oxidation sites excluding steroid dienone is 1. The molecule has 0 spiro atoms. The molecule has 0 aliphatic carbocycles. The van der Waals surface area contributed by atoms with Gasteiger partial charge >= 0.3 is 0 Å². The molecule has 0 aliphatic heterocycles. The van der Waals surface area contributed by atoms with Gasteiger partial charge in [-0.2, -0.15) is 0 Å². The zero-order valence-corrected chi connectivity index (χ0v) is 10.8. The van der Waals surface area contributed by atoms with Crippen LogP contribution in [0.2, 0.25) is 0 Å². The summed E-state index contributed by atoms with van der Waals surface area (Å²) in [5, 5.41) is 0. The van der Waals surface area contributed by atoms with Crippen molar-refractivity contribution < 1.29 is 13.6 Å². The SMILES string of the molecule is CC(CN(C)C)C(=O)/C=C/c1c(F)cccc1F. The smallest absolute Gasteiger partial charge is 0.159 e. The predicted octanol–water partition coefficient (Wildman–Crippen LogP) is 2.74. The summed E-state index contributed by atoms with van der Waals surface area (Å²) in [5.74, 6) is -1.68. The first-order valence-electron chi connectivity index (χ1n) is 5.72. The van der Waals surface area contributed by atoms with Gasteiger partial charge in [-0.3, -0.25) is 4.79 Å².